The van der Waals surface area contributed by atoms with E-state index in [9.17, 15) is 24.0 Å². The highest BCUT2D eigenvalue weighted by Crippen LogP contribution is 2.34. The van der Waals surface area contributed by atoms with E-state index in [2.05, 4.69) is 10.3 Å². The molecule has 0 saturated heterocycles. The molecule has 0 aliphatic carbocycles. The number of aromatic amines is 1. The second kappa shape index (κ2) is 10.6. The van der Waals surface area contributed by atoms with Gasteiger partial charge in [-0.3, -0.25) is 28.5 Å². The van der Waals surface area contributed by atoms with Gasteiger partial charge in [0.15, 0.2) is 5.92 Å². The summed E-state index contributed by atoms with van der Waals surface area (Å²) in [4.78, 5) is 63.8. The summed E-state index contributed by atoms with van der Waals surface area (Å²) in [5, 5.41) is 21.5. The number of nitrogens with one attached hydrogen (secondary N) is 2. The summed E-state index contributed by atoms with van der Waals surface area (Å²) in [6, 6.07) is 9.24. The van der Waals surface area contributed by atoms with Crippen LogP contribution in [0.5, 0.6) is 0 Å². The molecule has 0 fully saturated rings. The molecule has 4 rings (SSSR count). The summed E-state index contributed by atoms with van der Waals surface area (Å²) >= 11 is 6.17. The number of H-pyrrole nitrogens is 1. The van der Waals surface area contributed by atoms with Gasteiger partial charge in [-0.2, -0.15) is 0 Å². The highest BCUT2D eigenvalue weighted by molar-refractivity contribution is 6.31. The van der Waals surface area contributed by atoms with Gasteiger partial charge in [-0.05, 0) is 55.0 Å². The molecule has 0 saturated carbocycles. The van der Waals surface area contributed by atoms with E-state index in [1.807, 2.05) is 0 Å². The van der Waals surface area contributed by atoms with Crippen molar-refractivity contribution in [1.82, 2.24) is 9.55 Å². The minimum absolute atomic E-state index is 0.0959. The number of carbonyl (C=O) groups is 3. The number of carbonyl (C=O) groups excluding carboxylic acids is 1. The van der Waals surface area contributed by atoms with E-state index in [1.165, 1.54) is 4.57 Å². The number of carboxylic acid groups (broad SMARTS) is 2. The zero-order chi connectivity index (χ0) is 26.9. The third-order valence-corrected chi connectivity index (χ3v) is 6.94. The molecule has 1 amide bonds. The number of benzene rings is 2. The first-order valence-corrected chi connectivity index (χ1v) is 12.0. The molecular weight excluding hydrogens is 504 g/mol. The van der Waals surface area contributed by atoms with Crippen molar-refractivity contribution in [1.29, 1.82) is 0 Å². The molecular formula is C25H25ClN4O7. The summed E-state index contributed by atoms with van der Waals surface area (Å²) in [5.41, 5.74) is 7.00. The molecule has 1 aliphatic rings. The van der Waals surface area contributed by atoms with Crippen LogP contribution in [0, 0.1) is 11.8 Å². The maximum absolute atomic E-state index is 13.4. The number of anilines is 1. The molecule has 2 atom stereocenters. The number of rotatable bonds is 9. The second-order valence-electron chi connectivity index (χ2n) is 8.95. The molecule has 3 aromatic rings. The standard InChI is InChI=1S/C25H25ClN4O7/c26-14-9-13-6-8-19(30-20(13)18(10-14)29-22(32)23(30)33)16(11-27)21(31)28-17-4-2-1-3-12(17)5-7-15(24(34)35)25(36)37/h1-4,9-10,15-16,19H,5-8,11,27H2,(H,28,31)(H,29,32)(H,34,35)(H,36,37)/t16?,19-/m0/s1. The number of amides is 1. The lowest BCUT2D eigenvalue weighted by molar-refractivity contribution is -0.154. The fourth-order valence-electron chi connectivity index (χ4n) is 4.92. The predicted octanol–water partition coefficient (Wildman–Crippen LogP) is 1.76. The smallest absolute Gasteiger partial charge is 0.317 e. The quantitative estimate of drug-likeness (QED) is 0.205. The molecule has 12 heteroatoms. The van der Waals surface area contributed by atoms with Gasteiger partial charge < -0.3 is 26.2 Å². The van der Waals surface area contributed by atoms with Crippen molar-refractivity contribution >= 4 is 46.2 Å². The number of nitrogens with two attached hydrogens (primary N) is 1. The minimum Gasteiger partial charge on any atom is -0.481 e. The third-order valence-electron chi connectivity index (χ3n) is 6.73. The van der Waals surface area contributed by atoms with Gasteiger partial charge in [-0.15, -0.1) is 0 Å². The fourth-order valence-corrected chi connectivity index (χ4v) is 5.16. The average Bonchev–Trinajstić information content (AvgIpc) is 2.83. The Morgan fingerprint density at radius 1 is 1.16 bits per heavy atom. The van der Waals surface area contributed by atoms with E-state index >= 15 is 0 Å². The first-order valence-electron chi connectivity index (χ1n) is 11.6. The van der Waals surface area contributed by atoms with Gasteiger partial charge in [0, 0.05) is 17.3 Å². The summed E-state index contributed by atoms with van der Waals surface area (Å²) < 4.78 is 1.33. The SMILES string of the molecule is NCC(C(=O)Nc1ccccc1CCC(C(=O)O)C(=O)O)[C@@H]1CCc2cc(Cl)cc3[nH]c(=O)c(=O)n1c23. The highest BCUT2D eigenvalue weighted by Gasteiger charge is 2.34. The number of aromatic nitrogens is 2. The number of para-hydroxylation sites is 1. The van der Waals surface area contributed by atoms with Crippen LogP contribution in [0.2, 0.25) is 5.02 Å². The van der Waals surface area contributed by atoms with Gasteiger partial charge in [0.2, 0.25) is 5.91 Å². The molecule has 2 aromatic carbocycles. The Morgan fingerprint density at radius 2 is 1.86 bits per heavy atom. The van der Waals surface area contributed by atoms with Crippen LogP contribution in [0.4, 0.5) is 5.69 Å². The van der Waals surface area contributed by atoms with Crippen molar-refractivity contribution in [2.45, 2.75) is 31.7 Å². The van der Waals surface area contributed by atoms with Gasteiger partial charge in [-0.25, -0.2) is 0 Å². The zero-order valence-electron chi connectivity index (χ0n) is 19.6. The van der Waals surface area contributed by atoms with Crippen LogP contribution in [-0.2, 0) is 27.2 Å². The Kier molecular flexibility index (Phi) is 7.46. The van der Waals surface area contributed by atoms with Crippen LogP contribution in [0.15, 0.2) is 46.0 Å². The maximum atomic E-state index is 13.4. The van der Waals surface area contributed by atoms with Crippen molar-refractivity contribution in [3.05, 3.63) is 73.3 Å². The summed E-state index contributed by atoms with van der Waals surface area (Å²) in [5.74, 6) is -5.81. The zero-order valence-corrected chi connectivity index (χ0v) is 20.3. The fraction of sp³-hybridized carbons (Fsp3) is 0.320. The van der Waals surface area contributed by atoms with Crippen LogP contribution in [0.1, 0.15) is 30.0 Å². The Bertz CT molecular complexity index is 1500. The van der Waals surface area contributed by atoms with E-state index in [0.29, 0.717) is 40.1 Å². The van der Waals surface area contributed by atoms with E-state index in [0.717, 1.165) is 5.56 Å². The summed E-state index contributed by atoms with van der Waals surface area (Å²) in [6.45, 7) is -0.109. The highest BCUT2D eigenvalue weighted by atomic mass is 35.5. The lowest BCUT2D eigenvalue weighted by atomic mass is 9.88. The molecule has 0 radical (unpaired) electrons. The maximum Gasteiger partial charge on any atom is 0.317 e. The van der Waals surface area contributed by atoms with E-state index in [1.54, 1.807) is 36.4 Å². The number of nitrogens with zero attached hydrogens (tertiary/aromatic N) is 1. The number of carboxylic acids is 2. The van der Waals surface area contributed by atoms with Crippen molar-refractivity contribution in [3.63, 3.8) is 0 Å². The lowest BCUT2D eigenvalue weighted by Crippen LogP contribution is -2.46. The molecule has 0 bridgehead atoms. The summed E-state index contributed by atoms with van der Waals surface area (Å²) in [6.07, 6.45) is 0.819. The Balaban J connectivity index is 1.64. The molecule has 0 spiro atoms. The average molecular weight is 529 g/mol. The molecule has 1 aliphatic heterocycles. The van der Waals surface area contributed by atoms with Crippen LogP contribution in [0.3, 0.4) is 0 Å². The van der Waals surface area contributed by atoms with Crippen molar-refractivity contribution in [3.8, 4) is 0 Å². The van der Waals surface area contributed by atoms with Crippen molar-refractivity contribution < 1.29 is 24.6 Å². The predicted molar refractivity (Wildman–Crippen MR) is 136 cm³/mol. The Morgan fingerprint density at radius 3 is 2.54 bits per heavy atom. The van der Waals surface area contributed by atoms with Gasteiger partial charge in [0.05, 0.1) is 23.0 Å². The van der Waals surface area contributed by atoms with E-state index in [4.69, 9.17) is 27.5 Å². The van der Waals surface area contributed by atoms with Gasteiger partial charge in [0.25, 0.3) is 0 Å². The molecule has 1 aromatic heterocycles. The minimum atomic E-state index is -1.58. The number of halogens is 1. The Hall–Kier alpha value is -3.96. The number of aryl methyl sites for hydroxylation is 2. The Labute approximate surface area is 214 Å². The largest absolute Gasteiger partial charge is 0.481 e. The van der Waals surface area contributed by atoms with Crippen LogP contribution < -0.4 is 22.2 Å². The van der Waals surface area contributed by atoms with Crippen molar-refractivity contribution in [2.75, 3.05) is 11.9 Å². The van der Waals surface area contributed by atoms with Crippen LogP contribution in [-0.4, -0.2) is 44.2 Å². The van der Waals surface area contributed by atoms with Gasteiger partial charge in [0.1, 0.15) is 0 Å². The number of hydrogen-bond donors (Lipinski definition) is 5. The number of hydrogen-bond acceptors (Lipinski definition) is 6. The topological polar surface area (TPSA) is 185 Å². The summed E-state index contributed by atoms with van der Waals surface area (Å²) in [7, 11) is 0. The molecule has 11 nitrogen and oxygen atoms in total. The monoisotopic (exact) mass is 528 g/mol. The normalized spacial score (nSPS) is 15.5. The third kappa shape index (κ3) is 5.13. The molecule has 2 heterocycles. The molecule has 37 heavy (non-hydrogen) atoms. The second-order valence-corrected chi connectivity index (χ2v) is 9.39. The van der Waals surface area contributed by atoms with Gasteiger partial charge in [-0.1, -0.05) is 29.8 Å². The molecule has 1 unspecified atom stereocenters. The van der Waals surface area contributed by atoms with Crippen LogP contribution >= 0.6 is 11.6 Å². The first kappa shape index (κ1) is 26.1. The number of aliphatic carboxylic acids is 2. The van der Waals surface area contributed by atoms with E-state index < -0.39 is 46.8 Å². The van der Waals surface area contributed by atoms with Crippen molar-refractivity contribution in [2.24, 2.45) is 17.6 Å². The van der Waals surface area contributed by atoms with Gasteiger partial charge >= 0.3 is 23.1 Å². The molecule has 6 N–H and O–H groups in total. The van der Waals surface area contributed by atoms with E-state index in [-0.39, 0.29) is 19.4 Å². The molecule has 194 valence electrons. The van der Waals surface area contributed by atoms with Crippen LogP contribution in [0.25, 0.3) is 11.0 Å². The first-order chi connectivity index (χ1) is 17.6. The lowest BCUT2D eigenvalue weighted by Gasteiger charge is -2.32.